The molecule has 9 heavy (non-hydrogen) atoms. The number of allylic oxidation sites excluding steroid dienone is 2. The van der Waals surface area contributed by atoms with Gasteiger partial charge in [-0.25, -0.2) is 0 Å². The fraction of sp³-hybridized carbons (Fsp3) is 0.500. The van der Waals surface area contributed by atoms with Crippen molar-refractivity contribution in [2.24, 2.45) is 11.1 Å². The van der Waals surface area contributed by atoms with Gasteiger partial charge in [-0.3, -0.25) is 0 Å². The predicted molar refractivity (Wildman–Crippen MR) is 41.9 cm³/mol. The first-order valence-electron chi connectivity index (χ1n) is 3.07. The maximum Gasteiger partial charge on any atom is -0.00245 e. The minimum absolute atomic E-state index is 0.135. The Labute approximate surface area is 57.3 Å². The van der Waals surface area contributed by atoms with Gasteiger partial charge in [-0.1, -0.05) is 33.4 Å². The lowest BCUT2D eigenvalue weighted by Crippen LogP contribution is -2.08. The molecule has 0 amide bonds. The first kappa shape index (κ1) is 8.28. The van der Waals surface area contributed by atoms with E-state index >= 15 is 0 Å². The van der Waals surface area contributed by atoms with E-state index in [0.29, 0.717) is 0 Å². The van der Waals surface area contributed by atoms with Gasteiger partial charge in [0.25, 0.3) is 0 Å². The minimum Gasteiger partial charge on any atom is -0.404 e. The minimum atomic E-state index is 0.135. The van der Waals surface area contributed by atoms with Gasteiger partial charge < -0.3 is 5.73 Å². The van der Waals surface area contributed by atoms with Crippen molar-refractivity contribution < 1.29 is 0 Å². The van der Waals surface area contributed by atoms with E-state index in [4.69, 9.17) is 5.73 Å². The lowest BCUT2D eigenvalue weighted by Gasteiger charge is -2.18. The van der Waals surface area contributed by atoms with Gasteiger partial charge in [0.05, 0.1) is 0 Å². The maximum atomic E-state index is 5.34. The molecule has 0 rings (SSSR count). The Bertz CT molecular complexity index is 126. The molecule has 0 heterocycles. The molecule has 2 N–H and O–H groups in total. The van der Waals surface area contributed by atoms with E-state index in [1.54, 1.807) is 12.3 Å². The molecule has 0 fully saturated rings. The van der Waals surface area contributed by atoms with Crippen LogP contribution >= 0.6 is 0 Å². The first-order chi connectivity index (χ1) is 4.02. The second-order valence-corrected chi connectivity index (χ2v) is 3.08. The van der Waals surface area contributed by atoms with Crippen molar-refractivity contribution in [2.45, 2.75) is 20.8 Å². The lowest BCUT2D eigenvalue weighted by atomic mass is 9.87. The maximum absolute atomic E-state index is 5.34. The van der Waals surface area contributed by atoms with E-state index in [9.17, 15) is 0 Å². The van der Waals surface area contributed by atoms with E-state index in [1.165, 1.54) is 0 Å². The number of hydrogen-bond acceptors (Lipinski definition) is 1. The molecule has 1 nitrogen and oxygen atoms in total. The third kappa shape index (κ3) is 2.36. The highest BCUT2D eigenvalue weighted by atomic mass is 14.5. The lowest BCUT2D eigenvalue weighted by molar-refractivity contribution is 0.516. The summed E-state index contributed by atoms with van der Waals surface area (Å²) >= 11 is 0. The van der Waals surface area contributed by atoms with Crippen LogP contribution in [0.4, 0.5) is 0 Å². The topological polar surface area (TPSA) is 26.0 Å². The van der Waals surface area contributed by atoms with Crippen LogP contribution in [0, 0.1) is 5.41 Å². The molecule has 0 spiro atoms. The van der Waals surface area contributed by atoms with Gasteiger partial charge in [0, 0.05) is 0 Å². The molecular weight excluding hydrogens is 110 g/mol. The van der Waals surface area contributed by atoms with Gasteiger partial charge in [-0.05, 0) is 17.2 Å². The molecule has 0 radical (unpaired) electrons. The molecule has 0 bridgehead atoms. The zero-order valence-electron chi connectivity index (χ0n) is 6.44. The average Bonchev–Trinajstić information content (AvgIpc) is 1.65. The summed E-state index contributed by atoms with van der Waals surface area (Å²) in [6.07, 6.45) is 3.40. The smallest absolute Gasteiger partial charge is 0.00245 e. The standard InChI is InChI=1S/C8H15N/c1-5-7(6-9)8(2,3)4/h5-6H,1,9H2,2-4H3/b7-6+. The van der Waals surface area contributed by atoms with Gasteiger partial charge in [-0.15, -0.1) is 0 Å². The van der Waals surface area contributed by atoms with E-state index in [2.05, 4.69) is 27.4 Å². The molecule has 52 valence electrons. The van der Waals surface area contributed by atoms with Crippen LogP contribution in [0.3, 0.4) is 0 Å². The van der Waals surface area contributed by atoms with Crippen LogP contribution in [0.2, 0.25) is 0 Å². The van der Waals surface area contributed by atoms with Crippen molar-refractivity contribution in [1.29, 1.82) is 0 Å². The predicted octanol–water partition coefficient (Wildman–Crippen LogP) is 2.06. The van der Waals surface area contributed by atoms with Crippen LogP contribution in [-0.2, 0) is 0 Å². The van der Waals surface area contributed by atoms with E-state index in [1.807, 2.05) is 0 Å². The molecule has 0 atom stereocenters. The summed E-state index contributed by atoms with van der Waals surface area (Å²) in [4.78, 5) is 0. The molecule has 0 aliphatic carbocycles. The third-order valence-electron chi connectivity index (χ3n) is 1.27. The highest BCUT2D eigenvalue weighted by molar-refractivity contribution is 5.21. The van der Waals surface area contributed by atoms with Crippen molar-refractivity contribution in [3.8, 4) is 0 Å². The average molecular weight is 125 g/mol. The van der Waals surface area contributed by atoms with Crippen molar-refractivity contribution in [1.82, 2.24) is 0 Å². The summed E-state index contributed by atoms with van der Waals surface area (Å²) in [6, 6.07) is 0. The summed E-state index contributed by atoms with van der Waals surface area (Å²) < 4.78 is 0. The Kier molecular flexibility index (Phi) is 2.50. The van der Waals surface area contributed by atoms with Crippen molar-refractivity contribution >= 4 is 0 Å². The Balaban J connectivity index is 4.32. The van der Waals surface area contributed by atoms with Crippen LogP contribution in [0.25, 0.3) is 0 Å². The fourth-order valence-corrected chi connectivity index (χ4v) is 0.624. The van der Waals surface area contributed by atoms with Crippen molar-refractivity contribution in [2.75, 3.05) is 0 Å². The van der Waals surface area contributed by atoms with Gasteiger partial charge >= 0.3 is 0 Å². The normalized spacial score (nSPS) is 13.4. The van der Waals surface area contributed by atoms with E-state index in [-0.39, 0.29) is 5.41 Å². The molecule has 0 saturated heterocycles. The SMILES string of the molecule is C=C/C(=C\N)C(C)(C)C. The second-order valence-electron chi connectivity index (χ2n) is 3.08. The van der Waals surface area contributed by atoms with Gasteiger partial charge in [0.1, 0.15) is 0 Å². The Hall–Kier alpha value is -0.720. The Morgan fingerprint density at radius 3 is 1.89 bits per heavy atom. The summed E-state index contributed by atoms with van der Waals surface area (Å²) in [6.45, 7) is 9.96. The molecule has 0 aliphatic rings. The van der Waals surface area contributed by atoms with Crippen LogP contribution < -0.4 is 5.73 Å². The molecule has 0 aromatic heterocycles. The van der Waals surface area contributed by atoms with Gasteiger partial charge in [0.15, 0.2) is 0 Å². The first-order valence-corrected chi connectivity index (χ1v) is 3.07. The molecule has 0 aromatic carbocycles. The third-order valence-corrected chi connectivity index (χ3v) is 1.27. The van der Waals surface area contributed by atoms with Crippen molar-refractivity contribution in [3.63, 3.8) is 0 Å². The van der Waals surface area contributed by atoms with Crippen molar-refractivity contribution in [3.05, 3.63) is 24.4 Å². The Morgan fingerprint density at radius 2 is 1.89 bits per heavy atom. The second kappa shape index (κ2) is 2.72. The largest absolute Gasteiger partial charge is 0.404 e. The molecule has 0 saturated carbocycles. The van der Waals surface area contributed by atoms with Crippen LogP contribution in [0.1, 0.15) is 20.8 Å². The fourth-order valence-electron chi connectivity index (χ4n) is 0.624. The van der Waals surface area contributed by atoms with Gasteiger partial charge in [-0.2, -0.15) is 0 Å². The summed E-state index contributed by atoms with van der Waals surface area (Å²) in [5, 5.41) is 0. The van der Waals surface area contributed by atoms with Crippen LogP contribution in [0.5, 0.6) is 0 Å². The van der Waals surface area contributed by atoms with Crippen LogP contribution in [0.15, 0.2) is 24.4 Å². The molecule has 0 aliphatic heterocycles. The quantitative estimate of drug-likeness (QED) is 0.533. The van der Waals surface area contributed by atoms with E-state index in [0.717, 1.165) is 5.57 Å². The zero-order valence-corrected chi connectivity index (χ0v) is 6.44. The highest BCUT2D eigenvalue weighted by Crippen LogP contribution is 2.24. The summed E-state index contributed by atoms with van der Waals surface area (Å²) in [5.74, 6) is 0. The Morgan fingerprint density at radius 1 is 1.44 bits per heavy atom. The molecule has 1 heteroatoms. The summed E-state index contributed by atoms with van der Waals surface area (Å²) in [5.41, 5.74) is 6.56. The number of rotatable bonds is 1. The summed E-state index contributed by atoms with van der Waals surface area (Å²) in [7, 11) is 0. The number of nitrogens with two attached hydrogens (primary N) is 1. The highest BCUT2D eigenvalue weighted by Gasteiger charge is 2.12. The molecule has 0 unspecified atom stereocenters. The van der Waals surface area contributed by atoms with Gasteiger partial charge in [0.2, 0.25) is 0 Å². The number of hydrogen-bond donors (Lipinski definition) is 1. The molecular formula is C8H15N. The molecule has 0 aromatic rings. The monoisotopic (exact) mass is 125 g/mol. The van der Waals surface area contributed by atoms with Crippen LogP contribution in [-0.4, -0.2) is 0 Å². The zero-order chi connectivity index (χ0) is 7.49. The van der Waals surface area contributed by atoms with E-state index < -0.39 is 0 Å².